The first-order valence-corrected chi connectivity index (χ1v) is 10.7. The maximum absolute atomic E-state index is 13.8. The van der Waals surface area contributed by atoms with Crippen molar-refractivity contribution in [2.75, 3.05) is 18.6 Å². The van der Waals surface area contributed by atoms with Crippen molar-refractivity contribution < 1.29 is 19.0 Å². The Labute approximate surface area is 186 Å². The van der Waals surface area contributed by atoms with Crippen LogP contribution in [-0.2, 0) is 12.8 Å². The number of nitrogens with zero attached hydrogens (tertiary/aromatic N) is 3. The second kappa shape index (κ2) is 9.34. The van der Waals surface area contributed by atoms with Gasteiger partial charge in [0.25, 0.3) is 0 Å². The summed E-state index contributed by atoms with van der Waals surface area (Å²) in [7, 11) is 1.64. The van der Waals surface area contributed by atoms with E-state index in [0.717, 1.165) is 41.8 Å². The van der Waals surface area contributed by atoms with E-state index in [9.17, 15) is 14.3 Å². The van der Waals surface area contributed by atoms with Crippen molar-refractivity contribution in [3.05, 3.63) is 82.4 Å². The van der Waals surface area contributed by atoms with Crippen molar-refractivity contribution in [1.82, 2.24) is 9.97 Å². The molecule has 7 heteroatoms. The number of anilines is 1. The van der Waals surface area contributed by atoms with Gasteiger partial charge in [0.1, 0.15) is 11.6 Å². The summed E-state index contributed by atoms with van der Waals surface area (Å²) >= 11 is 0. The number of carbonyl (C=O) groups is 1. The molecule has 0 saturated carbocycles. The van der Waals surface area contributed by atoms with Crippen molar-refractivity contribution in [2.24, 2.45) is 0 Å². The second-order valence-electron chi connectivity index (χ2n) is 8.05. The minimum atomic E-state index is -1.05. The number of hydrogen-bond acceptors (Lipinski definition) is 5. The number of aromatic carboxylic acids is 1. The minimum absolute atomic E-state index is 0.0319. The molecule has 6 nitrogen and oxygen atoms in total. The molecule has 3 aromatic rings. The average Bonchev–Trinajstić information content (AvgIpc) is 3.28. The number of hydrogen-bond donors (Lipinski definition) is 1. The van der Waals surface area contributed by atoms with E-state index < -0.39 is 5.97 Å². The van der Waals surface area contributed by atoms with Gasteiger partial charge in [-0.15, -0.1) is 0 Å². The number of benzene rings is 2. The molecule has 166 valence electrons. The molecule has 0 spiro atoms. The molecule has 1 N–H and O–H groups in total. The zero-order valence-corrected chi connectivity index (χ0v) is 18.2. The van der Waals surface area contributed by atoms with E-state index >= 15 is 0 Å². The monoisotopic (exact) mass is 435 g/mol. The molecule has 0 bridgehead atoms. The van der Waals surface area contributed by atoms with Gasteiger partial charge in [0.15, 0.2) is 0 Å². The lowest BCUT2D eigenvalue weighted by atomic mass is 10.0. The van der Waals surface area contributed by atoms with E-state index in [4.69, 9.17) is 4.74 Å². The number of ether oxygens (including phenoxy) is 1. The fraction of sp³-hybridized carbons (Fsp3) is 0.320. The van der Waals surface area contributed by atoms with Crippen LogP contribution in [0.25, 0.3) is 0 Å². The average molecular weight is 435 g/mol. The molecule has 0 amide bonds. The van der Waals surface area contributed by atoms with Gasteiger partial charge in [-0.2, -0.15) is 0 Å². The van der Waals surface area contributed by atoms with Crippen LogP contribution in [0.1, 0.15) is 51.6 Å². The lowest BCUT2D eigenvalue weighted by molar-refractivity contribution is 0.0694. The summed E-state index contributed by atoms with van der Waals surface area (Å²) in [4.78, 5) is 22.8. The number of aromatic nitrogens is 2. The second-order valence-corrected chi connectivity index (χ2v) is 8.05. The first-order chi connectivity index (χ1) is 15.5. The molecule has 2 heterocycles. The van der Waals surface area contributed by atoms with E-state index in [1.807, 2.05) is 36.1 Å². The molecule has 1 saturated heterocycles. The summed E-state index contributed by atoms with van der Waals surface area (Å²) in [6.07, 6.45) is 4.27. The lowest BCUT2D eigenvalue weighted by Gasteiger charge is -2.25. The van der Waals surface area contributed by atoms with Crippen LogP contribution in [0.3, 0.4) is 0 Å². The van der Waals surface area contributed by atoms with Crippen LogP contribution >= 0.6 is 0 Å². The first-order valence-electron chi connectivity index (χ1n) is 10.7. The number of methoxy groups -OCH3 is 1. The van der Waals surface area contributed by atoms with Crippen LogP contribution in [0, 0.1) is 12.7 Å². The van der Waals surface area contributed by atoms with Crippen LogP contribution in [0.5, 0.6) is 5.75 Å². The molecule has 4 rings (SSSR count). The summed E-state index contributed by atoms with van der Waals surface area (Å²) in [5, 5.41) is 9.64. The number of carboxylic acid groups (broad SMARTS) is 1. The standard InChI is InChI=1S/C25H26FN3O3/c1-16-8-9-17(13-23(16)32-2)10-11-21-20(24(30)31)15-27-25(28-21)29-12-4-7-22(29)18-5-3-6-19(26)14-18/h3,5-6,8-9,13-15,22H,4,7,10-12H2,1-2H3,(H,30,31). The highest BCUT2D eigenvalue weighted by molar-refractivity contribution is 5.88. The van der Waals surface area contributed by atoms with Crippen LogP contribution in [0.4, 0.5) is 10.3 Å². The molecule has 32 heavy (non-hydrogen) atoms. The molecule has 2 aromatic carbocycles. The third-order valence-corrected chi connectivity index (χ3v) is 5.95. The molecule has 1 aromatic heterocycles. The van der Waals surface area contributed by atoms with Gasteiger partial charge >= 0.3 is 5.97 Å². The van der Waals surface area contributed by atoms with Gasteiger partial charge in [-0.25, -0.2) is 19.2 Å². The Bertz CT molecular complexity index is 1140. The quantitative estimate of drug-likeness (QED) is 0.577. The van der Waals surface area contributed by atoms with Gasteiger partial charge in [-0.3, -0.25) is 0 Å². The normalized spacial score (nSPS) is 15.7. The van der Waals surface area contributed by atoms with Crippen LogP contribution < -0.4 is 9.64 Å². The number of rotatable bonds is 7. The zero-order chi connectivity index (χ0) is 22.7. The van der Waals surface area contributed by atoms with Crippen LogP contribution in [0.2, 0.25) is 0 Å². The molecule has 0 aliphatic carbocycles. The van der Waals surface area contributed by atoms with E-state index in [-0.39, 0.29) is 17.4 Å². The summed E-state index contributed by atoms with van der Waals surface area (Å²) in [5.74, 6) is -0.0283. The lowest BCUT2D eigenvalue weighted by Crippen LogP contribution is -2.25. The van der Waals surface area contributed by atoms with Gasteiger partial charge in [-0.1, -0.05) is 24.3 Å². The largest absolute Gasteiger partial charge is 0.496 e. The van der Waals surface area contributed by atoms with Gasteiger partial charge in [0.05, 0.1) is 24.4 Å². The topological polar surface area (TPSA) is 75.5 Å². The Morgan fingerprint density at radius 2 is 2.09 bits per heavy atom. The predicted octanol–water partition coefficient (Wildman–Crippen LogP) is 4.76. The third kappa shape index (κ3) is 4.56. The Kier molecular flexibility index (Phi) is 6.35. The first kappa shape index (κ1) is 21.7. The van der Waals surface area contributed by atoms with Crippen molar-refractivity contribution in [3.63, 3.8) is 0 Å². The summed E-state index contributed by atoms with van der Waals surface area (Å²) < 4.78 is 19.2. The smallest absolute Gasteiger partial charge is 0.339 e. The molecular formula is C25H26FN3O3. The Hall–Kier alpha value is -3.48. The molecule has 1 aliphatic heterocycles. The van der Waals surface area contributed by atoms with Gasteiger partial charge in [0, 0.05) is 12.7 Å². The van der Waals surface area contributed by atoms with Gasteiger partial charge in [-0.05, 0) is 67.5 Å². The summed E-state index contributed by atoms with van der Waals surface area (Å²) in [6, 6.07) is 12.5. The highest BCUT2D eigenvalue weighted by Gasteiger charge is 2.29. The molecule has 1 aliphatic rings. The third-order valence-electron chi connectivity index (χ3n) is 5.95. The van der Waals surface area contributed by atoms with Gasteiger partial charge in [0.2, 0.25) is 5.95 Å². The van der Waals surface area contributed by atoms with Crippen LogP contribution in [0.15, 0.2) is 48.7 Å². The van der Waals surface area contributed by atoms with E-state index in [2.05, 4.69) is 9.97 Å². The summed E-state index contributed by atoms with van der Waals surface area (Å²) in [6.45, 7) is 2.72. The van der Waals surface area contributed by atoms with Crippen LogP contribution in [-0.4, -0.2) is 34.7 Å². The highest BCUT2D eigenvalue weighted by Crippen LogP contribution is 2.35. The molecule has 0 radical (unpaired) electrons. The number of carboxylic acids is 1. The Morgan fingerprint density at radius 3 is 2.84 bits per heavy atom. The van der Waals surface area contributed by atoms with Crippen molar-refractivity contribution in [3.8, 4) is 5.75 Å². The molecular weight excluding hydrogens is 409 g/mol. The van der Waals surface area contributed by atoms with E-state index in [1.165, 1.54) is 12.3 Å². The van der Waals surface area contributed by atoms with Crippen molar-refractivity contribution >= 4 is 11.9 Å². The SMILES string of the molecule is COc1cc(CCc2nc(N3CCCC3c3cccc(F)c3)ncc2C(=O)O)ccc1C. The predicted molar refractivity (Wildman–Crippen MR) is 120 cm³/mol. The van der Waals surface area contributed by atoms with Crippen molar-refractivity contribution in [1.29, 1.82) is 0 Å². The molecule has 1 atom stereocenters. The maximum Gasteiger partial charge on any atom is 0.339 e. The van der Waals surface area contributed by atoms with E-state index in [0.29, 0.717) is 24.5 Å². The number of halogens is 1. The Balaban J connectivity index is 1.61. The number of aryl methyl sites for hydroxylation is 3. The fourth-order valence-corrected chi connectivity index (χ4v) is 4.26. The molecule has 1 fully saturated rings. The maximum atomic E-state index is 13.8. The Morgan fingerprint density at radius 1 is 1.25 bits per heavy atom. The van der Waals surface area contributed by atoms with Crippen molar-refractivity contribution in [2.45, 2.75) is 38.6 Å². The fourth-order valence-electron chi connectivity index (χ4n) is 4.26. The highest BCUT2D eigenvalue weighted by atomic mass is 19.1. The van der Waals surface area contributed by atoms with Gasteiger partial charge < -0.3 is 14.7 Å². The minimum Gasteiger partial charge on any atom is -0.496 e. The van der Waals surface area contributed by atoms with E-state index in [1.54, 1.807) is 19.2 Å². The zero-order valence-electron chi connectivity index (χ0n) is 18.2. The molecule has 1 unspecified atom stereocenters. The summed E-state index contributed by atoms with van der Waals surface area (Å²) in [5.41, 5.74) is 3.56.